The van der Waals surface area contributed by atoms with Crippen molar-refractivity contribution in [2.75, 3.05) is 5.32 Å². The fourth-order valence-electron chi connectivity index (χ4n) is 2.71. The molecule has 2 unspecified atom stereocenters. The minimum atomic E-state index is -2.85. The molecule has 5 heteroatoms. The van der Waals surface area contributed by atoms with E-state index in [1.54, 1.807) is 12.1 Å². The fraction of sp³-hybridized carbons (Fsp3) is 0.571. The van der Waals surface area contributed by atoms with Crippen LogP contribution in [0.15, 0.2) is 18.2 Å². The first-order valence-corrected chi connectivity index (χ1v) is 6.99. The van der Waals surface area contributed by atoms with E-state index in [-0.39, 0.29) is 10.8 Å². The molecule has 0 aliphatic heterocycles. The molecule has 0 spiro atoms. The Morgan fingerprint density at radius 2 is 2.21 bits per heavy atom. The van der Waals surface area contributed by atoms with Crippen molar-refractivity contribution in [3.05, 3.63) is 23.2 Å². The van der Waals surface area contributed by atoms with Crippen molar-refractivity contribution < 1.29 is 13.5 Å². The molecule has 0 saturated heterocycles. The summed E-state index contributed by atoms with van der Waals surface area (Å²) < 4.78 is 28.6. The van der Waals surface area contributed by atoms with Crippen LogP contribution in [0.1, 0.15) is 32.6 Å². The van der Waals surface area contributed by atoms with E-state index in [4.69, 9.17) is 11.6 Å². The average Bonchev–Trinajstić information content (AvgIpc) is 2.79. The highest BCUT2D eigenvalue weighted by molar-refractivity contribution is 6.32. The van der Waals surface area contributed by atoms with Crippen LogP contribution >= 0.6 is 11.6 Å². The monoisotopic (exact) mass is 289 g/mol. The summed E-state index contributed by atoms with van der Waals surface area (Å²) >= 11 is 5.93. The Labute approximate surface area is 117 Å². The third-order valence-corrected chi connectivity index (χ3v) is 3.98. The second-order valence-corrected chi connectivity index (χ2v) is 5.28. The molecule has 1 N–H and O–H groups in total. The number of alkyl halides is 2. The van der Waals surface area contributed by atoms with E-state index in [0.717, 1.165) is 18.5 Å². The van der Waals surface area contributed by atoms with Gasteiger partial charge in [-0.2, -0.15) is 8.78 Å². The summed E-state index contributed by atoms with van der Waals surface area (Å²) in [6.07, 6.45) is 4.77. The molecule has 1 fully saturated rings. The Kier molecular flexibility index (Phi) is 4.86. The molecule has 0 radical (unpaired) electrons. The lowest BCUT2D eigenvalue weighted by atomic mass is 10.0. The highest BCUT2D eigenvalue weighted by Crippen LogP contribution is 2.33. The van der Waals surface area contributed by atoms with Gasteiger partial charge in [-0.3, -0.25) is 0 Å². The molecule has 19 heavy (non-hydrogen) atoms. The van der Waals surface area contributed by atoms with E-state index in [1.807, 2.05) is 0 Å². The summed E-state index contributed by atoms with van der Waals surface area (Å²) in [7, 11) is 0. The normalized spacial score (nSPS) is 22.8. The van der Waals surface area contributed by atoms with Crippen LogP contribution in [-0.4, -0.2) is 12.7 Å². The lowest BCUT2D eigenvalue weighted by Crippen LogP contribution is -2.23. The molecule has 2 rings (SSSR count). The summed E-state index contributed by atoms with van der Waals surface area (Å²) in [5.41, 5.74) is 0.858. The molecule has 1 saturated carbocycles. The highest BCUT2D eigenvalue weighted by atomic mass is 35.5. The van der Waals surface area contributed by atoms with Crippen LogP contribution in [-0.2, 0) is 0 Å². The first-order chi connectivity index (χ1) is 9.10. The summed E-state index contributed by atoms with van der Waals surface area (Å²) in [5, 5.41) is 3.64. The van der Waals surface area contributed by atoms with Crippen LogP contribution in [0.5, 0.6) is 5.75 Å². The standard InChI is InChI=1S/C14H18ClF2NO/c1-2-9-4-3-5-12(9)18-10-6-7-13(11(15)8-10)19-14(16)17/h6-9,12,14,18H,2-5H2,1H3. The fourth-order valence-corrected chi connectivity index (χ4v) is 2.94. The minimum absolute atomic E-state index is 0.0145. The second-order valence-electron chi connectivity index (χ2n) is 4.87. The smallest absolute Gasteiger partial charge is 0.387 e. The van der Waals surface area contributed by atoms with Gasteiger partial charge in [-0.1, -0.05) is 31.4 Å². The second kappa shape index (κ2) is 6.42. The zero-order valence-corrected chi connectivity index (χ0v) is 11.6. The molecule has 1 aromatic rings. The maximum atomic E-state index is 12.1. The van der Waals surface area contributed by atoms with Gasteiger partial charge in [0.1, 0.15) is 5.75 Å². The Hall–Kier alpha value is -1.03. The van der Waals surface area contributed by atoms with Crippen LogP contribution in [0, 0.1) is 5.92 Å². The first-order valence-electron chi connectivity index (χ1n) is 6.61. The lowest BCUT2D eigenvalue weighted by Gasteiger charge is -2.21. The highest BCUT2D eigenvalue weighted by Gasteiger charge is 2.25. The van der Waals surface area contributed by atoms with Crippen molar-refractivity contribution >= 4 is 17.3 Å². The van der Waals surface area contributed by atoms with E-state index in [9.17, 15) is 8.78 Å². The predicted molar refractivity (Wildman–Crippen MR) is 73.1 cm³/mol. The van der Waals surface area contributed by atoms with Gasteiger partial charge in [0.2, 0.25) is 0 Å². The Bertz CT molecular complexity index is 428. The van der Waals surface area contributed by atoms with Gasteiger partial charge in [-0.05, 0) is 37.0 Å². The number of hydrogen-bond donors (Lipinski definition) is 1. The molecule has 0 heterocycles. The summed E-state index contributed by atoms with van der Waals surface area (Å²) in [6, 6.07) is 5.30. The van der Waals surface area contributed by atoms with Crippen molar-refractivity contribution in [2.24, 2.45) is 5.92 Å². The molecule has 2 atom stereocenters. The Balaban J connectivity index is 2.03. The number of rotatable bonds is 5. The van der Waals surface area contributed by atoms with Crippen molar-refractivity contribution in [2.45, 2.75) is 45.3 Å². The summed E-state index contributed by atoms with van der Waals surface area (Å²) in [4.78, 5) is 0. The molecule has 1 aromatic carbocycles. The quantitative estimate of drug-likeness (QED) is 0.829. The van der Waals surface area contributed by atoms with E-state index in [1.165, 1.54) is 18.9 Å². The summed E-state index contributed by atoms with van der Waals surface area (Å²) in [6.45, 7) is -0.660. The van der Waals surface area contributed by atoms with Gasteiger partial charge < -0.3 is 10.1 Å². The van der Waals surface area contributed by atoms with Crippen LogP contribution < -0.4 is 10.1 Å². The van der Waals surface area contributed by atoms with Crippen molar-refractivity contribution in [3.63, 3.8) is 0 Å². The maximum absolute atomic E-state index is 12.1. The van der Waals surface area contributed by atoms with Crippen LogP contribution in [0.2, 0.25) is 5.02 Å². The molecule has 0 amide bonds. The van der Waals surface area contributed by atoms with E-state index < -0.39 is 6.61 Å². The van der Waals surface area contributed by atoms with E-state index in [2.05, 4.69) is 17.0 Å². The van der Waals surface area contributed by atoms with Gasteiger partial charge in [0.25, 0.3) is 0 Å². The zero-order valence-electron chi connectivity index (χ0n) is 10.8. The van der Waals surface area contributed by atoms with Gasteiger partial charge in [0.15, 0.2) is 0 Å². The largest absolute Gasteiger partial charge is 0.433 e. The lowest BCUT2D eigenvalue weighted by molar-refractivity contribution is -0.0497. The minimum Gasteiger partial charge on any atom is -0.433 e. The molecular weight excluding hydrogens is 272 g/mol. The first kappa shape index (κ1) is 14.4. The topological polar surface area (TPSA) is 21.3 Å². The van der Waals surface area contributed by atoms with E-state index >= 15 is 0 Å². The number of nitrogens with one attached hydrogen (secondary N) is 1. The van der Waals surface area contributed by atoms with Crippen LogP contribution in [0.25, 0.3) is 0 Å². The molecule has 0 aromatic heterocycles. The third-order valence-electron chi connectivity index (χ3n) is 3.68. The maximum Gasteiger partial charge on any atom is 0.387 e. The molecule has 2 nitrogen and oxygen atoms in total. The molecule has 106 valence electrons. The summed E-state index contributed by atoms with van der Waals surface area (Å²) in [5.74, 6) is 0.691. The third kappa shape index (κ3) is 3.72. The van der Waals surface area contributed by atoms with Crippen molar-refractivity contribution in [1.82, 2.24) is 0 Å². The number of ether oxygens (including phenoxy) is 1. The van der Waals surface area contributed by atoms with E-state index in [0.29, 0.717) is 12.0 Å². The number of hydrogen-bond acceptors (Lipinski definition) is 2. The van der Waals surface area contributed by atoms with Gasteiger partial charge in [-0.15, -0.1) is 0 Å². The van der Waals surface area contributed by atoms with Crippen molar-refractivity contribution in [1.29, 1.82) is 0 Å². The molecule has 0 bridgehead atoms. The van der Waals surface area contributed by atoms with Gasteiger partial charge in [0.05, 0.1) is 5.02 Å². The van der Waals surface area contributed by atoms with Gasteiger partial charge in [0, 0.05) is 11.7 Å². The van der Waals surface area contributed by atoms with Gasteiger partial charge in [-0.25, -0.2) is 0 Å². The van der Waals surface area contributed by atoms with Crippen molar-refractivity contribution in [3.8, 4) is 5.75 Å². The van der Waals surface area contributed by atoms with Crippen LogP contribution in [0.3, 0.4) is 0 Å². The SMILES string of the molecule is CCC1CCCC1Nc1ccc(OC(F)F)c(Cl)c1. The number of halogens is 3. The number of anilines is 1. The van der Waals surface area contributed by atoms with Crippen LogP contribution in [0.4, 0.5) is 14.5 Å². The van der Waals surface area contributed by atoms with Gasteiger partial charge >= 0.3 is 6.61 Å². The average molecular weight is 290 g/mol. The number of benzene rings is 1. The molecule has 1 aliphatic rings. The zero-order chi connectivity index (χ0) is 13.8. The Morgan fingerprint density at radius 3 is 2.84 bits per heavy atom. The molecular formula is C14H18ClF2NO. The Morgan fingerprint density at radius 1 is 1.42 bits per heavy atom. The predicted octanol–water partition coefficient (Wildman–Crippen LogP) is 4.93. The molecule has 1 aliphatic carbocycles.